The number of aromatic nitrogens is 2. The molecule has 0 fully saturated rings. The van der Waals surface area contributed by atoms with Gasteiger partial charge in [-0.25, -0.2) is 0 Å². The van der Waals surface area contributed by atoms with Gasteiger partial charge in [0, 0.05) is 65.6 Å². The first-order valence-corrected chi connectivity index (χ1v) is 30.6. The minimum atomic E-state index is -0.496. The van der Waals surface area contributed by atoms with Crippen molar-refractivity contribution < 1.29 is 4.42 Å². The lowest BCUT2D eigenvalue weighted by Gasteiger charge is -2.39. The Hall–Kier alpha value is -8.40. The average molecular weight is 1040 g/mol. The molecule has 10 aromatic carbocycles. The lowest BCUT2D eigenvalue weighted by atomic mass is 9.63. The highest BCUT2D eigenvalue weighted by Crippen LogP contribution is 2.63. The highest BCUT2D eigenvalue weighted by atomic mass is 16.3. The van der Waals surface area contributed by atoms with E-state index in [-0.39, 0.29) is 0 Å². The summed E-state index contributed by atoms with van der Waals surface area (Å²) in [6, 6.07) is 69.8. The molecule has 0 radical (unpaired) electrons. The minimum Gasteiger partial charge on any atom is -0.455 e. The molecule has 3 heteroatoms. The van der Waals surface area contributed by atoms with Crippen LogP contribution >= 0.6 is 0 Å². The van der Waals surface area contributed by atoms with Gasteiger partial charge in [0.15, 0.2) is 0 Å². The van der Waals surface area contributed by atoms with Crippen molar-refractivity contribution in [1.29, 1.82) is 0 Å². The van der Waals surface area contributed by atoms with Gasteiger partial charge in [0.25, 0.3) is 0 Å². The quantitative estimate of drug-likeness (QED) is 0.172. The van der Waals surface area contributed by atoms with Crippen LogP contribution in [0.4, 0.5) is 0 Å². The summed E-state index contributed by atoms with van der Waals surface area (Å²) in [6.45, 7) is 5.22. The molecule has 390 valence electrons. The zero-order chi connectivity index (χ0) is 53.0. The van der Waals surface area contributed by atoms with Crippen LogP contribution in [0.25, 0.3) is 99.2 Å². The van der Waals surface area contributed by atoms with E-state index in [0.717, 1.165) is 25.7 Å². The van der Waals surface area contributed by atoms with Crippen LogP contribution in [0.5, 0.6) is 0 Å². The Kier molecular flexibility index (Phi) is 9.05. The van der Waals surface area contributed by atoms with Crippen LogP contribution in [0.1, 0.15) is 144 Å². The summed E-state index contributed by atoms with van der Waals surface area (Å²) < 4.78 is 13.5. The lowest BCUT2D eigenvalue weighted by molar-refractivity contribution is 0.472. The third-order valence-corrected chi connectivity index (χ3v) is 21.9. The topological polar surface area (TPSA) is 23.0 Å². The van der Waals surface area contributed by atoms with E-state index in [4.69, 9.17) is 4.42 Å². The van der Waals surface area contributed by atoms with Gasteiger partial charge in [-0.2, -0.15) is 0 Å². The fraction of sp³-hybridized carbons (Fsp3) is 0.231. The predicted octanol–water partition coefficient (Wildman–Crippen LogP) is 20.0. The van der Waals surface area contributed by atoms with E-state index in [1.54, 1.807) is 33.4 Å². The fourth-order valence-electron chi connectivity index (χ4n) is 18.8. The molecule has 3 nitrogen and oxygen atoms in total. The maximum atomic E-state index is 8.49. The molecule has 4 unspecified atom stereocenters. The molecular weight excluding hydrogens is 981 g/mol. The smallest absolute Gasteiger partial charge is 0.140 e. The van der Waals surface area contributed by atoms with Gasteiger partial charge in [-0.1, -0.05) is 133 Å². The summed E-state index contributed by atoms with van der Waals surface area (Å²) >= 11 is 0. The lowest BCUT2D eigenvalue weighted by Crippen LogP contribution is -2.29. The Bertz CT molecular complexity index is 4540. The van der Waals surface area contributed by atoms with Crippen LogP contribution in [-0.4, -0.2) is 9.13 Å². The van der Waals surface area contributed by atoms with Gasteiger partial charge in [0.05, 0.1) is 22.1 Å². The van der Waals surface area contributed by atoms with Crippen LogP contribution in [0.15, 0.2) is 186 Å². The molecule has 0 saturated carbocycles. The summed E-state index contributed by atoms with van der Waals surface area (Å²) in [7, 11) is 0. The number of hydrogen-bond acceptors (Lipinski definition) is 1. The van der Waals surface area contributed by atoms with Gasteiger partial charge in [-0.3, -0.25) is 0 Å². The van der Waals surface area contributed by atoms with Crippen molar-refractivity contribution in [2.24, 2.45) is 0 Å². The van der Waals surface area contributed by atoms with Crippen molar-refractivity contribution in [2.75, 3.05) is 0 Å². The van der Waals surface area contributed by atoms with Gasteiger partial charge in [0.2, 0.25) is 0 Å². The van der Waals surface area contributed by atoms with Crippen molar-refractivity contribution >= 4 is 65.6 Å². The maximum Gasteiger partial charge on any atom is 0.140 e. The molecule has 0 N–H and O–H groups in total. The third kappa shape index (κ3) is 5.66. The Morgan fingerprint density at radius 3 is 1.09 bits per heavy atom. The normalized spacial score (nSPS) is 21.2. The second-order valence-corrected chi connectivity index (χ2v) is 25.5. The minimum absolute atomic E-state index is 0.496. The van der Waals surface area contributed by atoms with Crippen LogP contribution < -0.4 is 0 Å². The van der Waals surface area contributed by atoms with Crippen LogP contribution in [0, 0.1) is 0 Å². The molecule has 0 spiro atoms. The molecule has 19 rings (SSSR count). The molecule has 13 aromatic rings. The van der Waals surface area contributed by atoms with Crippen LogP contribution in [-0.2, 0) is 36.5 Å². The monoisotopic (exact) mass is 1040 g/mol. The number of hydrogen-bond donors (Lipinski definition) is 0. The Balaban J connectivity index is 0.946. The molecule has 4 atom stereocenters. The van der Waals surface area contributed by atoms with E-state index < -0.39 is 10.8 Å². The summed E-state index contributed by atoms with van der Waals surface area (Å²) in [5, 5.41) is 8.11. The summed E-state index contributed by atoms with van der Waals surface area (Å²) in [5.74, 6) is 1.14. The zero-order valence-electron chi connectivity index (χ0n) is 46.3. The van der Waals surface area contributed by atoms with Crippen LogP contribution in [0.2, 0.25) is 0 Å². The highest BCUT2D eigenvalue weighted by molar-refractivity contribution is 6.15. The Morgan fingerprint density at radius 1 is 0.358 bits per heavy atom. The Morgan fingerprint density at radius 2 is 0.691 bits per heavy atom. The molecule has 81 heavy (non-hydrogen) atoms. The van der Waals surface area contributed by atoms with E-state index >= 15 is 0 Å². The number of rotatable bonds is 4. The average Bonchev–Trinajstić information content (AvgIpc) is 1.88. The second kappa shape index (κ2) is 16.2. The summed E-state index contributed by atoms with van der Waals surface area (Å²) in [4.78, 5) is 0. The molecular formula is C78H62N2O. The van der Waals surface area contributed by atoms with Crippen molar-refractivity contribution in [3.8, 4) is 33.6 Å². The number of aryl methyl sites for hydroxylation is 2. The first-order chi connectivity index (χ1) is 40.0. The molecule has 0 saturated heterocycles. The molecule has 0 bridgehead atoms. The van der Waals surface area contributed by atoms with E-state index in [9.17, 15) is 0 Å². The van der Waals surface area contributed by atoms with E-state index in [1.807, 2.05) is 0 Å². The van der Waals surface area contributed by atoms with Crippen molar-refractivity contribution in [2.45, 2.75) is 114 Å². The maximum absolute atomic E-state index is 8.49. The number of para-hydroxylation sites is 4. The molecule has 6 aliphatic rings. The zero-order valence-corrected chi connectivity index (χ0v) is 46.3. The van der Waals surface area contributed by atoms with E-state index in [1.165, 1.54) is 184 Å². The van der Waals surface area contributed by atoms with E-state index in [2.05, 4.69) is 205 Å². The van der Waals surface area contributed by atoms with Gasteiger partial charge >= 0.3 is 0 Å². The third-order valence-electron chi connectivity index (χ3n) is 21.9. The van der Waals surface area contributed by atoms with Gasteiger partial charge < -0.3 is 13.6 Å². The van der Waals surface area contributed by atoms with Crippen LogP contribution in [0.3, 0.4) is 0 Å². The van der Waals surface area contributed by atoms with Crippen molar-refractivity contribution in [3.05, 3.63) is 249 Å². The predicted molar refractivity (Wildman–Crippen MR) is 335 cm³/mol. The molecule has 0 amide bonds. The first kappa shape index (κ1) is 45.3. The summed E-state index contributed by atoms with van der Waals surface area (Å²) in [5.41, 5.74) is 32.5. The van der Waals surface area contributed by atoms with Crippen molar-refractivity contribution in [3.63, 3.8) is 0 Å². The molecule has 3 aromatic heterocycles. The number of benzene rings is 10. The van der Waals surface area contributed by atoms with Crippen molar-refractivity contribution in [1.82, 2.24) is 9.13 Å². The van der Waals surface area contributed by atoms with Gasteiger partial charge in [0.1, 0.15) is 11.2 Å². The summed E-state index contributed by atoms with van der Waals surface area (Å²) in [6.07, 6.45) is 14.4. The standard InChI is InChI=1S/C78H62N2O/c1-77(61-33-9-3-23-49(61)51-41-39-47(43-63(51)77)79-65-35-11-5-25-53(65)54-26-6-12-36-66(54)79)73-59-31-17-21-45-19-15-29-57(69(45)59)71-72-58-30-16-20-46-22-18-32-60(70(46)58)74(76(72)81-75(71)73)78(2)62-34-10-4-24-50(62)52-42-40-48(44-64(52)78)80-67-37-13-7-27-55(67)56-28-8-14-38-68(56)80/h3-14,23-28,33-46H,15-22,29-32H2,1-2H3. The van der Waals surface area contributed by atoms with Gasteiger partial charge in [-0.15, -0.1) is 0 Å². The first-order valence-electron chi connectivity index (χ1n) is 30.6. The number of furan rings is 1. The largest absolute Gasteiger partial charge is 0.455 e. The highest BCUT2D eigenvalue weighted by Gasteiger charge is 2.50. The number of fused-ring (bicyclic) bond motifs is 17. The van der Waals surface area contributed by atoms with Gasteiger partial charge in [-0.05, 0) is 229 Å². The number of nitrogens with zero attached hydrogens (tertiary/aromatic N) is 2. The second-order valence-electron chi connectivity index (χ2n) is 25.5. The Labute approximate surface area is 472 Å². The fourth-order valence-corrected chi connectivity index (χ4v) is 18.8. The molecule has 6 aliphatic carbocycles. The molecule has 0 aliphatic heterocycles. The molecule has 3 heterocycles. The SMILES string of the molecule is CC1(c2c3c4c(c5c2oc2c(C6(C)c7ccccc7-c7ccc(-n8c9ccccc9c9ccccc98)cc76)c6c7c(c25)CCCC7CCC6)CCCC4CCC3)c2ccccc2-c2ccc(-n3c4ccccc4c4ccccc43)cc21. The van der Waals surface area contributed by atoms with E-state index in [0.29, 0.717) is 11.8 Å².